The Bertz CT molecular complexity index is 687. The van der Waals surface area contributed by atoms with Crippen molar-refractivity contribution in [3.05, 3.63) is 30.0 Å². The predicted octanol–water partition coefficient (Wildman–Crippen LogP) is 4.34. The van der Waals surface area contributed by atoms with E-state index in [9.17, 15) is 0 Å². The van der Waals surface area contributed by atoms with Crippen LogP contribution in [-0.4, -0.2) is 37.9 Å². The van der Waals surface area contributed by atoms with Crippen LogP contribution in [0.25, 0.3) is 10.9 Å². The van der Waals surface area contributed by atoms with E-state index in [0.717, 1.165) is 50.2 Å². The predicted molar refractivity (Wildman–Crippen MR) is 99.1 cm³/mol. The molecule has 0 amide bonds. The van der Waals surface area contributed by atoms with Gasteiger partial charge in [0.15, 0.2) is 0 Å². The standard InChI is InChI=1S/C20H28N2O2/c1-4-13-24-16-7-6-11-22(12-10-16)20-15(2)14-21-19-17(20)8-5-9-18(19)23-3/h5,8-9,14,16H,4,6-7,10-13H2,1-3H3. The third-order valence-corrected chi connectivity index (χ3v) is 4.78. The molecule has 1 fully saturated rings. The number of ether oxygens (including phenoxy) is 2. The molecule has 130 valence electrons. The van der Waals surface area contributed by atoms with E-state index in [1.165, 1.54) is 23.1 Å². The van der Waals surface area contributed by atoms with Gasteiger partial charge in [0.25, 0.3) is 0 Å². The van der Waals surface area contributed by atoms with Crippen LogP contribution in [0.4, 0.5) is 5.69 Å². The summed E-state index contributed by atoms with van der Waals surface area (Å²) in [4.78, 5) is 7.12. The number of nitrogens with zero attached hydrogens (tertiary/aromatic N) is 2. The minimum atomic E-state index is 0.401. The average molecular weight is 328 g/mol. The molecule has 24 heavy (non-hydrogen) atoms. The van der Waals surface area contributed by atoms with Crippen molar-refractivity contribution in [3.63, 3.8) is 0 Å². The fourth-order valence-electron chi connectivity index (χ4n) is 3.61. The fourth-order valence-corrected chi connectivity index (χ4v) is 3.61. The van der Waals surface area contributed by atoms with Crippen LogP contribution in [0.3, 0.4) is 0 Å². The van der Waals surface area contributed by atoms with Gasteiger partial charge < -0.3 is 14.4 Å². The molecule has 0 radical (unpaired) electrons. The first kappa shape index (κ1) is 17.0. The van der Waals surface area contributed by atoms with Gasteiger partial charge in [0.2, 0.25) is 0 Å². The molecule has 0 spiro atoms. The highest BCUT2D eigenvalue weighted by atomic mass is 16.5. The minimum Gasteiger partial charge on any atom is -0.494 e. The molecule has 1 aliphatic rings. The van der Waals surface area contributed by atoms with E-state index in [2.05, 4.69) is 35.9 Å². The number of aryl methyl sites for hydroxylation is 1. The van der Waals surface area contributed by atoms with Crippen molar-refractivity contribution in [2.75, 3.05) is 31.7 Å². The number of aromatic nitrogens is 1. The second-order valence-corrected chi connectivity index (χ2v) is 6.56. The van der Waals surface area contributed by atoms with E-state index in [1.54, 1.807) is 7.11 Å². The summed E-state index contributed by atoms with van der Waals surface area (Å²) in [6.07, 6.45) is 6.87. The van der Waals surface area contributed by atoms with Gasteiger partial charge in [-0.1, -0.05) is 19.1 Å². The Kier molecular flexibility index (Phi) is 5.56. The first-order valence-electron chi connectivity index (χ1n) is 9.03. The summed E-state index contributed by atoms with van der Waals surface area (Å²) in [6.45, 7) is 7.30. The number of benzene rings is 1. The normalized spacial score (nSPS) is 18.6. The molecule has 3 rings (SSSR count). The summed E-state index contributed by atoms with van der Waals surface area (Å²) >= 11 is 0. The zero-order valence-electron chi connectivity index (χ0n) is 15.0. The molecule has 1 aliphatic heterocycles. The van der Waals surface area contributed by atoms with Crippen molar-refractivity contribution >= 4 is 16.6 Å². The third-order valence-electron chi connectivity index (χ3n) is 4.78. The Labute approximate surface area is 144 Å². The van der Waals surface area contributed by atoms with E-state index < -0.39 is 0 Å². The van der Waals surface area contributed by atoms with Gasteiger partial charge in [-0.2, -0.15) is 0 Å². The number of methoxy groups -OCH3 is 1. The molecule has 0 bridgehead atoms. The highest BCUT2D eigenvalue weighted by molar-refractivity contribution is 5.96. The summed E-state index contributed by atoms with van der Waals surface area (Å²) < 4.78 is 11.5. The molecule has 1 aromatic carbocycles. The first-order valence-corrected chi connectivity index (χ1v) is 9.03. The summed E-state index contributed by atoms with van der Waals surface area (Å²) in [5.41, 5.74) is 3.47. The molecular formula is C20H28N2O2. The number of pyridine rings is 1. The maximum absolute atomic E-state index is 5.99. The van der Waals surface area contributed by atoms with Crippen LogP contribution in [0.15, 0.2) is 24.4 Å². The molecule has 2 heterocycles. The van der Waals surface area contributed by atoms with Crippen molar-refractivity contribution in [3.8, 4) is 5.75 Å². The SMILES string of the molecule is CCCOC1CCCN(c2c(C)cnc3c(OC)cccc23)CC1. The van der Waals surface area contributed by atoms with Gasteiger partial charge in [-0.3, -0.25) is 4.98 Å². The summed E-state index contributed by atoms with van der Waals surface area (Å²) in [7, 11) is 1.71. The lowest BCUT2D eigenvalue weighted by molar-refractivity contribution is 0.0461. The lowest BCUT2D eigenvalue weighted by Gasteiger charge is -2.26. The Balaban J connectivity index is 1.90. The van der Waals surface area contributed by atoms with Crippen LogP contribution in [0.1, 0.15) is 38.2 Å². The Morgan fingerprint density at radius 1 is 1.25 bits per heavy atom. The Morgan fingerprint density at radius 2 is 2.12 bits per heavy atom. The maximum Gasteiger partial charge on any atom is 0.145 e. The number of hydrogen-bond acceptors (Lipinski definition) is 4. The van der Waals surface area contributed by atoms with Gasteiger partial charge in [0.05, 0.1) is 18.9 Å². The largest absolute Gasteiger partial charge is 0.494 e. The third kappa shape index (κ3) is 3.48. The average Bonchev–Trinajstić information content (AvgIpc) is 2.84. The van der Waals surface area contributed by atoms with Gasteiger partial charge >= 0.3 is 0 Å². The molecule has 4 heteroatoms. The maximum atomic E-state index is 5.99. The molecule has 1 aromatic heterocycles. The number of fused-ring (bicyclic) bond motifs is 1. The van der Waals surface area contributed by atoms with E-state index in [0.29, 0.717) is 6.10 Å². The molecule has 1 atom stereocenters. The second kappa shape index (κ2) is 7.84. The van der Waals surface area contributed by atoms with Gasteiger partial charge in [-0.05, 0) is 44.2 Å². The van der Waals surface area contributed by atoms with Crippen LogP contribution >= 0.6 is 0 Å². The first-order chi connectivity index (χ1) is 11.7. The van der Waals surface area contributed by atoms with Crippen molar-refractivity contribution in [2.24, 2.45) is 0 Å². The van der Waals surface area contributed by atoms with E-state index >= 15 is 0 Å². The van der Waals surface area contributed by atoms with Gasteiger partial charge in [0, 0.05) is 31.3 Å². The van der Waals surface area contributed by atoms with Crippen LogP contribution < -0.4 is 9.64 Å². The highest BCUT2D eigenvalue weighted by Gasteiger charge is 2.21. The lowest BCUT2D eigenvalue weighted by Crippen LogP contribution is -2.26. The van der Waals surface area contributed by atoms with E-state index in [4.69, 9.17) is 9.47 Å². The Hall–Kier alpha value is -1.81. The van der Waals surface area contributed by atoms with Crippen LogP contribution in [0, 0.1) is 6.92 Å². The van der Waals surface area contributed by atoms with Crippen LogP contribution in [-0.2, 0) is 4.74 Å². The van der Waals surface area contributed by atoms with Crippen molar-refractivity contribution in [2.45, 2.75) is 45.6 Å². The zero-order valence-corrected chi connectivity index (χ0v) is 15.0. The quantitative estimate of drug-likeness (QED) is 0.818. The van der Waals surface area contributed by atoms with Gasteiger partial charge in [-0.25, -0.2) is 0 Å². The van der Waals surface area contributed by atoms with Crippen molar-refractivity contribution < 1.29 is 9.47 Å². The highest BCUT2D eigenvalue weighted by Crippen LogP contribution is 2.34. The zero-order chi connectivity index (χ0) is 16.9. The number of rotatable bonds is 5. The lowest BCUT2D eigenvalue weighted by atomic mass is 10.1. The Morgan fingerprint density at radius 3 is 2.92 bits per heavy atom. The van der Waals surface area contributed by atoms with Crippen molar-refractivity contribution in [1.29, 1.82) is 0 Å². The molecule has 1 unspecified atom stereocenters. The number of para-hydroxylation sites is 1. The van der Waals surface area contributed by atoms with E-state index in [1.807, 2.05) is 12.3 Å². The van der Waals surface area contributed by atoms with Gasteiger partial charge in [0.1, 0.15) is 11.3 Å². The van der Waals surface area contributed by atoms with Gasteiger partial charge in [-0.15, -0.1) is 0 Å². The smallest absolute Gasteiger partial charge is 0.145 e. The fraction of sp³-hybridized carbons (Fsp3) is 0.550. The number of hydrogen-bond donors (Lipinski definition) is 0. The van der Waals surface area contributed by atoms with Crippen LogP contribution in [0.5, 0.6) is 5.75 Å². The molecule has 0 N–H and O–H groups in total. The molecule has 2 aromatic rings. The molecule has 0 aliphatic carbocycles. The second-order valence-electron chi connectivity index (χ2n) is 6.56. The topological polar surface area (TPSA) is 34.6 Å². The van der Waals surface area contributed by atoms with Crippen molar-refractivity contribution in [1.82, 2.24) is 4.98 Å². The minimum absolute atomic E-state index is 0.401. The molecular weight excluding hydrogens is 300 g/mol. The summed E-state index contributed by atoms with van der Waals surface area (Å²) in [5.74, 6) is 0.840. The summed E-state index contributed by atoms with van der Waals surface area (Å²) in [5, 5.41) is 1.18. The monoisotopic (exact) mass is 328 g/mol. The van der Waals surface area contributed by atoms with E-state index in [-0.39, 0.29) is 0 Å². The van der Waals surface area contributed by atoms with Crippen LogP contribution in [0.2, 0.25) is 0 Å². The molecule has 4 nitrogen and oxygen atoms in total. The molecule has 0 saturated carbocycles. The summed E-state index contributed by atoms with van der Waals surface area (Å²) in [6, 6.07) is 6.19. The molecule has 1 saturated heterocycles. The number of anilines is 1.